The van der Waals surface area contributed by atoms with Crippen molar-refractivity contribution in [3.63, 3.8) is 0 Å². The molecule has 10 rings (SSSR count). The Hall–Kier alpha value is -5.56. The number of aromatic nitrogens is 3. The number of nitrogens with zero attached hydrogens (tertiary/aromatic N) is 7. The fourth-order valence-electron chi connectivity index (χ4n) is 10.6. The molecule has 0 unspecified atom stereocenters. The van der Waals surface area contributed by atoms with Crippen LogP contribution in [0.3, 0.4) is 0 Å². The molecular weight excluding hydrogens is 810 g/mol. The van der Waals surface area contributed by atoms with Gasteiger partial charge >= 0.3 is 0 Å². The van der Waals surface area contributed by atoms with Gasteiger partial charge in [-0.05, 0) is 124 Å². The molecule has 2 fully saturated rings. The minimum absolute atomic E-state index is 0.00379. The van der Waals surface area contributed by atoms with Crippen LogP contribution in [0.25, 0.3) is 5.00 Å². The van der Waals surface area contributed by atoms with Crippen molar-refractivity contribution in [3.8, 4) is 16.5 Å². The Morgan fingerprint density at radius 2 is 1.52 bits per heavy atom. The van der Waals surface area contributed by atoms with Gasteiger partial charge in [0.1, 0.15) is 34.2 Å². The van der Waals surface area contributed by atoms with Gasteiger partial charge in [-0.15, -0.1) is 21.5 Å². The Kier molecular flexibility index (Phi) is 10.9. The van der Waals surface area contributed by atoms with Gasteiger partial charge in [0.05, 0.1) is 18.4 Å². The molecule has 4 aromatic carbocycles. The van der Waals surface area contributed by atoms with E-state index in [2.05, 4.69) is 92.7 Å². The van der Waals surface area contributed by atoms with Gasteiger partial charge in [0, 0.05) is 90.7 Å². The molecule has 1 aliphatic carbocycles. The number of phenolic OH excluding ortho intramolecular Hbond substituents is 1. The van der Waals surface area contributed by atoms with E-state index in [1.165, 1.54) is 27.3 Å². The molecule has 3 atom stereocenters. The van der Waals surface area contributed by atoms with Crippen molar-refractivity contribution in [2.45, 2.75) is 76.9 Å². The zero-order valence-electron chi connectivity index (χ0n) is 36.8. The largest absolute Gasteiger partial charge is 0.508 e. The van der Waals surface area contributed by atoms with E-state index in [1.807, 2.05) is 31.2 Å². The van der Waals surface area contributed by atoms with Crippen LogP contribution in [0, 0.1) is 26.6 Å². The van der Waals surface area contributed by atoms with Gasteiger partial charge in [-0.25, -0.2) is 4.39 Å². The number of benzene rings is 4. The van der Waals surface area contributed by atoms with Crippen molar-refractivity contribution >= 4 is 28.4 Å². The van der Waals surface area contributed by atoms with Crippen LogP contribution in [0.4, 0.5) is 15.8 Å². The van der Waals surface area contributed by atoms with Crippen molar-refractivity contribution in [1.29, 1.82) is 0 Å². The Labute approximate surface area is 373 Å². The summed E-state index contributed by atoms with van der Waals surface area (Å²) in [6, 6.07) is 27.9. The fraction of sp³-hybridized carbons (Fsp3) is 0.392. The van der Waals surface area contributed by atoms with Gasteiger partial charge in [-0.1, -0.05) is 36.4 Å². The van der Waals surface area contributed by atoms with Crippen molar-refractivity contribution in [1.82, 2.24) is 19.7 Å². The van der Waals surface area contributed by atoms with Crippen molar-refractivity contribution in [3.05, 3.63) is 146 Å². The van der Waals surface area contributed by atoms with E-state index in [1.54, 1.807) is 36.6 Å². The zero-order valence-corrected chi connectivity index (χ0v) is 37.6. The molecule has 2 N–H and O–H groups in total. The Morgan fingerprint density at radius 1 is 0.825 bits per heavy atom. The lowest BCUT2D eigenvalue weighted by Gasteiger charge is -2.44. The SMILES string of the molecule is COc1cc(N2CCN(CC3(O)CCN(c4ccc(C5=N[C@@H](C)c6nnc(C)n6-c6sc(C)c(C)c65)cc4)CC3)CC2)ccc1[C@H]1c2ccc(O)cc2CC[C@H]1c1ccc(F)cc1. The van der Waals surface area contributed by atoms with Gasteiger partial charge in [0.25, 0.3) is 0 Å². The third-order valence-electron chi connectivity index (χ3n) is 14.2. The molecule has 2 aromatic heterocycles. The molecule has 5 heterocycles. The second kappa shape index (κ2) is 16.5. The first-order valence-corrected chi connectivity index (χ1v) is 23.2. The van der Waals surface area contributed by atoms with E-state index in [9.17, 15) is 14.6 Å². The van der Waals surface area contributed by atoms with Crippen LogP contribution in [0.15, 0.2) is 89.9 Å². The third kappa shape index (κ3) is 7.69. The molecule has 0 amide bonds. The number of β-amino-alcohol motifs (C(OH)–C–C–N with tert-alkyl or cyclic N) is 1. The van der Waals surface area contributed by atoms with Gasteiger partial charge in [-0.2, -0.15) is 0 Å². The number of ether oxygens (including phenoxy) is 1. The second-order valence-corrected chi connectivity index (χ2v) is 19.3. The highest BCUT2D eigenvalue weighted by Crippen LogP contribution is 2.50. The van der Waals surface area contributed by atoms with Gasteiger partial charge < -0.3 is 24.7 Å². The summed E-state index contributed by atoms with van der Waals surface area (Å²) in [7, 11) is 1.74. The summed E-state index contributed by atoms with van der Waals surface area (Å²) in [5.74, 6) is 2.76. The average Bonchev–Trinajstić information content (AvgIpc) is 3.78. The molecule has 4 aliphatic rings. The molecule has 63 heavy (non-hydrogen) atoms. The highest BCUT2D eigenvalue weighted by atomic mass is 32.1. The lowest BCUT2D eigenvalue weighted by molar-refractivity contribution is -0.0173. The number of phenols is 1. The van der Waals surface area contributed by atoms with Crippen molar-refractivity contribution in [2.24, 2.45) is 4.99 Å². The highest BCUT2D eigenvalue weighted by Gasteiger charge is 2.37. The predicted molar refractivity (Wildman–Crippen MR) is 249 cm³/mol. The summed E-state index contributed by atoms with van der Waals surface area (Å²) < 4.78 is 22.3. The summed E-state index contributed by atoms with van der Waals surface area (Å²) in [6.07, 6.45) is 3.16. The first kappa shape index (κ1) is 41.5. The number of aliphatic hydroxyl groups is 1. The number of hydrogen-bond acceptors (Lipinski definition) is 10. The molecule has 326 valence electrons. The lowest BCUT2D eigenvalue weighted by atomic mass is 9.69. The molecule has 0 saturated carbocycles. The molecular formula is C51H56FN7O3S. The summed E-state index contributed by atoms with van der Waals surface area (Å²) in [5, 5.41) is 32.3. The first-order valence-electron chi connectivity index (χ1n) is 22.4. The van der Waals surface area contributed by atoms with Gasteiger partial charge in [0.15, 0.2) is 5.82 Å². The van der Waals surface area contributed by atoms with Crippen LogP contribution in [0.5, 0.6) is 11.5 Å². The lowest BCUT2D eigenvalue weighted by Crippen LogP contribution is -2.55. The number of halogens is 1. The van der Waals surface area contributed by atoms with E-state index < -0.39 is 5.60 Å². The van der Waals surface area contributed by atoms with Crippen molar-refractivity contribution in [2.75, 3.05) is 62.7 Å². The van der Waals surface area contributed by atoms with Crippen LogP contribution in [-0.2, 0) is 6.42 Å². The third-order valence-corrected chi connectivity index (χ3v) is 15.4. The zero-order chi connectivity index (χ0) is 43.6. The number of fused-ring (bicyclic) bond motifs is 4. The molecule has 0 bridgehead atoms. The molecule has 0 radical (unpaired) electrons. The highest BCUT2D eigenvalue weighted by molar-refractivity contribution is 7.15. The molecule has 2 saturated heterocycles. The van der Waals surface area contributed by atoms with Gasteiger partial charge in [-0.3, -0.25) is 14.5 Å². The Balaban J connectivity index is 0.781. The minimum Gasteiger partial charge on any atom is -0.508 e. The van der Waals surface area contributed by atoms with Crippen LogP contribution in [-0.4, -0.2) is 94.1 Å². The van der Waals surface area contributed by atoms with Crippen LogP contribution in [0.2, 0.25) is 0 Å². The van der Waals surface area contributed by atoms with Crippen LogP contribution in [0.1, 0.15) is 99.5 Å². The quantitative estimate of drug-likeness (QED) is 0.156. The number of thiophene rings is 1. The summed E-state index contributed by atoms with van der Waals surface area (Å²) >= 11 is 1.78. The molecule has 0 spiro atoms. The van der Waals surface area contributed by atoms with E-state index >= 15 is 0 Å². The monoisotopic (exact) mass is 865 g/mol. The maximum Gasteiger partial charge on any atom is 0.162 e. The number of piperazine rings is 1. The standard InChI is InChI=1S/C51H56FN7O3S/c1-31-33(3)63-50-46(31)48(53-32(2)49-55-54-34(4)59(49)50)36-8-13-39(14-9-36)57-22-20-51(61,21-23-57)30-56-24-26-58(27-25-56)40-15-18-44(45(29-40)62-5)47-42(35-6-11-38(52)12-7-35)17-10-37-28-41(60)16-19-43(37)47/h6-9,11-16,18-19,28-29,32,42,47,60-61H,10,17,20-27,30H2,1-5H3/t32-,42-,47+/m0/s1. The Bertz CT molecular complexity index is 2680. The van der Waals surface area contributed by atoms with Crippen LogP contribution >= 0.6 is 11.3 Å². The van der Waals surface area contributed by atoms with Gasteiger partial charge in [0.2, 0.25) is 0 Å². The predicted octanol–water partition coefficient (Wildman–Crippen LogP) is 9.03. The molecule has 6 aromatic rings. The van der Waals surface area contributed by atoms with E-state index in [0.29, 0.717) is 6.54 Å². The summed E-state index contributed by atoms with van der Waals surface area (Å²) in [5.41, 5.74) is 10.6. The number of aryl methyl sites for hydroxylation is 3. The Morgan fingerprint density at radius 3 is 2.25 bits per heavy atom. The number of anilines is 2. The topological polar surface area (TPSA) is 102 Å². The van der Waals surface area contributed by atoms with E-state index in [0.717, 1.165) is 121 Å². The maximum absolute atomic E-state index is 14.0. The number of aliphatic imine (C=N–C) groups is 1. The van der Waals surface area contributed by atoms with Crippen LogP contribution < -0.4 is 14.5 Å². The van der Waals surface area contributed by atoms with Crippen molar-refractivity contribution < 1.29 is 19.3 Å². The molecule has 3 aliphatic heterocycles. The smallest absolute Gasteiger partial charge is 0.162 e. The number of hydrogen-bond donors (Lipinski definition) is 2. The van der Waals surface area contributed by atoms with E-state index in [4.69, 9.17) is 9.73 Å². The average molecular weight is 866 g/mol. The summed E-state index contributed by atoms with van der Waals surface area (Å²) in [6.45, 7) is 14.2. The number of piperidine rings is 1. The number of aromatic hydroxyl groups is 1. The second-order valence-electron chi connectivity index (χ2n) is 18.1. The number of methoxy groups -OCH3 is 1. The fourth-order valence-corrected chi connectivity index (χ4v) is 11.9. The summed E-state index contributed by atoms with van der Waals surface area (Å²) in [4.78, 5) is 13.7. The normalized spacial score (nSPS) is 21.0. The van der Waals surface area contributed by atoms with E-state index in [-0.39, 0.29) is 29.4 Å². The minimum atomic E-state index is -0.731. The molecule has 12 heteroatoms. The first-order chi connectivity index (χ1) is 30.5. The maximum atomic E-state index is 14.0. The molecule has 10 nitrogen and oxygen atoms in total. The number of rotatable bonds is 8.